The second-order valence-electron chi connectivity index (χ2n) is 9.66. The number of allylic oxidation sites excluding steroid dienone is 5. The summed E-state index contributed by atoms with van der Waals surface area (Å²) in [5.41, 5.74) is 2.46. The van der Waals surface area contributed by atoms with E-state index in [-0.39, 0.29) is 34.7 Å². The van der Waals surface area contributed by atoms with E-state index in [0.717, 1.165) is 40.2 Å². The van der Waals surface area contributed by atoms with Crippen LogP contribution in [0.2, 0.25) is 0 Å². The predicted octanol–water partition coefficient (Wildman–Crippen LogP) is 5.69. The van der Waals surface area contributed by atoms with Gasteiger partial charge in [0.2, 0.25) is 0 Å². The molecule has 0 aromatic rings. The van der Waals surface area contributed by atoms with Gasteiger partial charge in [-0.1, -0.05) is 39.8 Å². The fraction of sp³-hybridized carbons (Fsp3) is 0.667. The van der Waals surface area contributed by atoms with Gasteiger partial charge in [-0.2, -0.15) is 0 Å². The summed E-state index contributed by atoms with van der Waals surface area (Å²) in [7, 11) is 0. The molecule has 4 aliphatic carbocycles. The molecule has 0 bridgehead atoms. The lowest BCUT2D eigenvalue weighted by atomic mass is 9.44. The van der Waals surface area contributed by atoms with Crippen LogP contribution in [0.1, 0.15) is 53.9 Å². The molecule has 4 heteroatoms. The van der Waals surface area contributed by atoms with Gasteiger partial charge in [-0.05, 0) is 72.8 Å². The van der Waals surface area contributed by atoms with Crippen LogP contribution in [0.5, 0.6) is 0 Å². The number of fused-ring (bicyclic) bond motifs is 5. The van der Waals surface area contributed by atoms with Gasteiger partial charge in [-0.15, -0.1) is 11.8 Å². The van der Waals surface area contributed by atoms with Crippen LogP contribution in [0.25, 0.3) is 0 Å². The number of carbonyl (C=O) groups excluding carboxylic acids is 2. The van der Waals surface area contributed by atoms with E-state index in [0.29, 0.717) is 12.3 Å². The first-order valence-corrected chi connectivity index (χ1v) is 11.6. The molecule has 7 atom stereocenters. The van der Waals surface area contributed by atoms with Crippen molar-refractivity contribution >= 4 is 23.3 Å². The Morgan fingerprint density at radius 2 is 1.96 bits per heavy atom. The third-order valence-corrected chi connectivity index (χ3v) is 9.63. The van der Waals surface area contributed by atoms with Crippen molar-refractivity contribution in [2.75, 3.05) is 5.75 Å². The van der Waals surface area contributed by atoms with Crippen molar-refractivity contribution in [2.45, 2.75) is 60.1 Å². The van der Waals surface area contributed by atoms with Gasteiger partial charge in [0.25, 0.3) is 0 Å². The zero-order valence-corrected chi connectivity index (χ0v) is 18.4. The van der Waals surface area contributed by atoms with Crippen molar-refractivity contribution in [3.8, 4) is 0 Å². The highest BCUT2D eigenvalue weighted by molar-refractivity contribution is 8.04. The molecule has 3 fully saturated rings. The van der Waals surface area contributed by atoms with Gasteiger partial charge in [0, 0.05) is 10.8 Å². The number of carbonyl (C=O) groups is 2. The maximum absolute atomic E-state index is 14.5. The highest BCUT2D eigenvalue weighted by Gasteiger charge is 2.64. The molecule has 28 heavy (non-hydrogen) atoms. The number of thioether (sulfide) groups is 1. The standard InChI is InChI=1S/C24H31FO2S/c1-7-28-21-18(26)10-12(2)24(6)15-8-9-23(5)16(11-17(25)22(23)27)19(15)13(3)14(4)20(21)24/h10,13,15-17,19H,4,7-9,11H2,1-3,5-6H3/t13-,15+,16+,17+,19-,23+,24-/m1/s1. The molecule has 4 aliphatic rings. The largest absolute Gasteiger partial charge is 0.296 e. The summed E-state index contributed by atoms with van der Waals surface area (Å²) in [5, 5.41) is 0. The van der Waals surface area contributed by atoms with Crippen LogP contribution in [-0.2, 0) is 9.59 Å². The average Bonchev–Trinajstić information content (AvgIpc) is 2.87. The first-order valence-electron chi connectivity index (χ1n) is 10.6. The number of halogens is 1. The lowest BCUT2D eigenvalue weighted by Crippen LogP contribution is -2.54. The highest BCUT2D eigenvalue weighted by Crippen LogP contribution is 2.68. The monoisotopic (exact) mass is 402 g/mol. The second kappa shape index (κ2) is 6.42. The molecule has 0 aliphatic heterocycles. The first kappa shape index (κ1) is 20.1. The summed E-state index contributed by atoms with van der Waals surface area (Å²) in [6.45, 7) is 15.0. The van der Waals surface area contributed by atoms with E-state index < -0.39 is 11.6 Å². The molecule has 0 radical (unpaired) electrons. The van der Waals surface area contributed by atoms with Crippen molar-refractivity contribution < 1.29 is 14.0 Å². The fourth-order valence-electron chi connectivity index (χ4n) is 6.99. The lowest BCUT2D eigenvalue weighted by Gasteiger charge is -2.60. The Hall–Kier alpha value is -1.16. The molecule has 152 valence electrons. The van der Waals surface area contributed by atoms with Crippen LogP contribution in [0, 0.1) is 34.5 Å². The Labute approximate surface area is 172 Å². The Bertz CT molecular complexity index is 840. The molecule has 0 heterocycles. The molecule has 0 aromatic carbocycles. The molecule has 0 amide bonds. The molecule has 0 aromatic heterocycles. The minimum absolute atomic E-state index is 0.0616. The fourth-order valence-corrected chi connectivity index (χ4v) is 7.97. The summed E-state index contributed by atoms with van der Waals surface area (Å²) >= 11 is 1.62. The third kappa shape index (κ3) is 2.33. The van der Waals surface area contributed by atoms with E-state index in [1.165, 1.54) is 0 Å². The molecule has 3 saturated carbocycles. The number of ketones is 2. The van der Waals surface area contributed by atoms with Crippen LogP contribution in [0.3, 0.4) is 0 Å². The highest BCUT2D eigenvalue weighted by atomic mass is 32.2. The summed E-state index contributed by atoms with van der Waals surface area (Å²) in [5.74, 6) is 1.53. The summed E-state index contributed by atoms with van der Waals surface area (Å²) < 4.78 is 14.5. The van der Waals surface area contributed by atoms with E-state index >= 15 is 0 Å². The Morgan fingerprint density at radius 3 is 2.61 bits per heavy atom. The lowest BCUT2D eigenvalue weighted by molar-refractivity contribution is -0.135. The smallest absolute Gasteiger partial charge is 0.192 e. The first-order chi connectivity index (χ1) is 13.1. The maximum atomic E-state index is 14.5. The van der Waals surface area contributed by atoms with Gasteiger partial charge in [-0.25, -0.2) is 4.39 Å². The van der Waals surface area contributed by atoms with Crippen molar-refractivity contribution in [3.05, 3.63) is 34.3 Å². The van der Waals surface area contributed by atoms with Crippen LogP contribution >= 0.6 is 11.8 Å². The molecule has 0 saturated heterocycles. The predicted molar refractivity (Wildman–Crippen MR) is 113 cm³/mol. The molecule has 0 spiro atoms. The van der Waals surface area contributed by atoms with E-state index in [1.807, 2.05) is 13.0 Å². The minimum atomic E-state index is -1.32. The number of hydrogen-bond acceptors (Lipinski definition) is 3. The zero-order valence-electron chi connectivity index (χ0n) is 17.6. The molecule has 0 unspecified atom stereocenters. The van der Waals surface area contributed by atoms with E-state index in [1.54, 1.807) is 11.8 Å². The van der Waals surface area contributed by atoms with E-state index in [9.17, 15) is 14.0 Å². The van der Waals surface area contributed by atoms with Crippen molar-refractivity contribution in [2.24, 2.45) is 34.5 Å². The topological polar surface area (TPSA) is 34.1 Å². The maximum Gasteiger partial charge on any atom is 0.192 e. The number of Topliss-reactive ketones (excluding diaryl/α,β-unsaturated/α-hetero) is 1. The van der Waals surface area contributed by atoms with Gasteiger partial charge < -0.3 is 0 Å². The van der Waals surface area contributed by atoms with Gasteiger partial charge in [0.15, 0.2) is 17.7 Å². The molecular formula is C24H31FO2S. The van der Waals surface area contributed by atoms with Crippen molar-refractivity contribution in [1.29, 1.82) is 0 Å². The van der Waals surface area contributed by atoms with Gasteiger partial charge in [-0.3, -0.25) is 9.59 Å². The Balaban J connectivity index is 1.88. The van der Waals surface area contributed by atoms with Crippen LogP contribution in [-0.4, -0.2) is 23.5 Å². The molecule has 2 nitrogen and oxygen atoms in total. The van der Waals surface area contributed by atoms with Gasteiger partial charge in [0.05, 0.1) is 4.91 Å². The SMILES string of the molecule is C=C1C2=C(SCC)C(=O)C=C(C)[C@]2(C)[C@H]2CC[C@]3(C)C(=O)[C@@H](F)C[C@H]3[C@@H]2[C@@H]1C. The van der Waals surface area contributed by atoms with E-state index in [2.05, 4.69) is 34.3 Å². The summed E-state index contributed by atoms with van der Waals surface area (Å²) in [4.78, 5) is 26.4. The normalized spacial score (nSPS) is 45.6. The number of alkyl halides is 1. The Kier molecular flexibility index (Phi) is 4.61. The third-order valence-electron chi connectivity index (χ3n) is 8.65. The molecule has 4 rings (SSSR count). The van der Waals surface area contributed by atoms with Crippen molar-refractivity contribution in [3.63, 3.8) is 0 Å². The summed E-state index contributed by atoms with van der Waals surface area (Å²) in [6, 6.07) is 0. The van der Waals surface area contributed by atoms with E-state index in [4.69, 9.17) is 0 Å². The van der Waals surface area contributed by atoms with Crippen LogP contribution < -0.4 is 0 Å². The Morgan fingerprint density at radius 1 is 1.29 bits per heavy atom. The number of rotatable bonds is 2. The van der Waals surface area contributed by atoms with Gasteiger partial charge in [0.1, 0.15) is 0 Å². The van der Waals surface area contributed by atoms with Crippen molar-refractivity contribution in [1.82, 2.24) is 0 Å². The van der Waals surface area contributed by atoms with Gasteiger partial charge >= 0.3 is 0 Å². The van der Waals surface area contributed by atoms with Crippen LogP contribution in [0.15, 0.2) is 34.3 Å². The summed E-state index contributed by atoms with van der Waals surface area (Å²) in [6.07, 6.45) is 2.48. The molecule has 0 N–H and O–H groups in total. The molecular weight excluding hydrogens is 371 g/mol. The zero-order chi connectivity index (χ0) is 20.6. The second-order valence-corrected chi connectivity index (χ2v) is 10.9. The van der Waals surface area contributed by atoms with Crippen LogP contribution in [0.4, 0.5) is 4.39 Å². The average molecular weight is 403 g/mol. The quantitative estimate of drug-likeness (QED) is 0.595. The minimum Gasteiger partial charge on any atom is -0.296 e. The number of hydrogen-bond donors (Lipinski definition) is 0.